The quantitative estimate of drug-likeness (QED) is 0.653. The van der Waals surface area contributed by atoms with E-state index < -0.39 is 6.23 Å². The van der Waals surface area contributed by atoms with Crippen molar-refractivity contribution in [3.8, 4) is 0 Å². The van der Waals surface area contributed by atoms with Gasteiger partial charge in [-0.05, 0) is 19.2 Å². The maximum absolute atomic E-state index is 9.22. The third-order valence-electron chi connectivity index (χ3n) is 1.30. The van der Waals surface area contributed by atoms with Crippen LogP contribution in [0, 0.1) is 0 Å². The summed E-state index contributed by atoms with van der Waals surface area (Å²) >= 11 is 5.67. The third-order valence-corrected chi connectivity index (χ3v) is 1.53. The Kier molecular flexibility index (Phi) is 2.82. The molecule has 1 rings (SSSR count). The van der Waals surface area contributed by atoms with Gasteiger partial charge < -0.3 is 5.11 Å². The van der Waals surface area contributed by atoms with Crippen molar-refractivity contribution in [3.05, 3.63) is 29.0 Å². The fraction of sp³-hybridized carbons (Fsp3) is 0.286. The van der Waals surface area contributed by atoms with Crippen LogP contribution in [0.15, 0.2) is 18.3 Å². The molecule has 0 aromatic carbocycles. The summed E-state index contributed by atoms with van der Waals surface area (Å²) in [7, 11) is 1.65. The maximum atomic E-state index is 9.22. The highest BCUT2D eigenvalue weighted by atomic mass is 35.5. The number of aliphatic hydroxyl groups excluding tert-OH is 1. The summed E-state index contributed by atoms with van der Waals surface area (Å²) in [6.45, 7) is 0. The van der Waals surface area contributed by atoms with Crippen molar-refractivity contribution in [2.75, 3.05) is 7.05 Å². The lowest BCUT2D eigenvalue weighted by Gasteiger charge is -2.07. The standard InChI is InChI=1S/C7H9ClN2O/c1-9-7(11)6-4-5(8)2-3-10-6/h2-4,7,9,11H,1H3. The lowest BCUT2D eigenvalue weighted by molar-refractivity contribution is 0.144. The molecule has 4 heteroatoms. The minimum absolute atomic E-state index is 0.528. The van der Waals surface area contributed by atoms with Crippen LogP contribution in [0.25, 0.3) is 0 Å². The molecule has 1 atom stereocenters. The molecule has 0 aliphatic heterocycles. The summed E-state index contributed by atoms with van der Waals surface area (Å²) in [4.78, 5) is 3.91. The van der Waals surface area contributed by atoms with Gasteiger partial charge in [0.15, 0.2) is 0 Å². The first-order valence-electron chi connectivity index (χ1n) is 3.21. The van der Waals surface area contributed by atoms with Crippen LogP contribution in [0.2, 0.25) is 5.02 Å². The van der Waals surface area contributed by atoms with E-state index in [1.807, 2.05) is 0 Å². The van der Waals surface area contributed by atoms with Crippen LogP contribution in [-0.2, 0) is 0 Å². The Balaban J connectivity index is 2.86. The van der Waals surface area contributed by atoms with Gasteiger partial charge in [-0.1, -0.05) is 11.6 Å². The minimum atomic E-state index is -0.742. The second-order valence-corrected chi connectivity index (χ2v) is 2.53. The van der Waals surface area contributed by atoms with Crippen LogP contribution in [0.1, 0.15) is 11.9 Å². The summed E-state index contributed by atoms with van der Waals surface area (Å²) in [5.74, 6) is 0. The largest absolute Gasteiger partial charge is 0.373 e. The lowest BCUT2D eigenvalue weighted by Crippen LogP contribution is -2.16. The molecule has 0 bridgehead atoms. The molecule has 0 fully saturated rings. The van der Waals surface area contributed by atoms with Crippen molar-refractivity contribution >= 4 is 11.6 Å². The van der Waals surface area contributed by atoms with Gasteiger partial charge in [-0.25, -0.2) is 0 Å². The highest BCUT2D eigenvalue weighted by Crippen LogP contribution is 2.12. The van der Waals surface area contributed by atoms with Crippen molar-refractivity contribution in [2.24, 2.45) is 0 Å². The number of nitrogens with zero attached hydrogens (tertiary/aromatic N) is 1. The number of hydrogen-bond acceptors (Lipinski definition) is 3. The Morgan fingerprint density at radius 3 is 3.00 bits per heavy atom. The van der Waals surface area contributed by atoms with Crippen LogP contribution in [-0.4, -0.2) is 17.1 Å². The lowest BCUT2D eigenvalue weighted by atomic mass is 10.3. The summed E-state index contributed by atoms with van der Waals surface area (Å²) in [5.41, 5.74) is 0.528. The molecule has 0 radical (unpaired) electrons. The van der Waals surface area contributed by atoms with Gasteiger partial charge in [-0.2, -0.15) is 0 Å². The van der Waals surface area contributed by atoms with E-state index in [1.165, 1.54) is 0 Å². The topological polar surface area (TPSA) is 45.1 Å². The van der Waals surface area contributed by atoms with Crippen molar-refractivity contribution in [1.82, 2.24) is 10.3 Å². The monoisotopic (exact) mass is 172 g/mol. The number of hydrogen-bond donors (Lipinski definition) is 2. The van der Waals surface area contributed by atoms with E-state index in [0.29, 0.717) is 10.7 Å². The number of pyridine rings is 1. The Bertz CT molecular complexity index is 242. The number of aromatic nitrogens is 1. The van der Waals surface area contributed by atoms with Crippen molar-refractivity contribution in [3.63, 3.8) is 0 Å². The molecule has 0 spiro atoms. The average molecular weight is 173 g/mol. The highest BCUT2D eigenvalue weighted by Gasteiger charge is 2.04. The second kappa shape index (κ2) is 3.67. The van der Waals surface area contributed by atoms with E-state index in [0.717, 1.165) is 0 Å². The molecule has 2 N–H and O–H groups in total. The smallest absolute Gasteiger partial charge is 0.147 e. The molecule has 60 valence electrons. The Morgan fingerprint density at radius 2 is 2.45 bits per heavy atom. The van der Waals surface area contributed by atoms with Crippen molar-refractivity contribution < 1.29 is 5.11 Å². The van der Waals surface area contributed by atoms with E-state index >= 15 is 0 Å². The van der Waals surface area contributed by atoms with Gasteiger partial charge in [0, 0.05) is 11.2 Å². The Morgan fingerprint density at radius 1 is 1.73 bits per heavy atom. The molecule has 1 aromatic rings. The van der Waals surface area contributed by atoms with Gasteiger partial charge in [0.05, 0.1) is 5.69 Å². The molecule has 0 saturated carbocycles. The molecule has 1 heterocycles. The summed E-state index contributed by atoms with van der Waals surface area (Å²) in [6, 6.07) is 3.27. The normalized spacial score (nSPS) is 13.0. The predicted molar refractivity (Wildman–Crippen MR) is 43.3 cm³/mol. The molecule has 1 unspecified atom stereocenters. The van der Waals surface area contributed by atoms with Gasteiger partial charge in [0.1, 0.15) is 6.23 Å². The summed E-state index contributed by atoms with van der Waals surface area (Å²) in [5, 5.41) is 12.4. The molecule has 1 aromatic heterocycles. The van der Waals surface area contributed by atoms with Crippen LogP contribution in [0.3, 0.4) is 0 Å². The number of aliphatic hydroxyl groups is 1. The molecular formula is C7H9ClN2O. The first-order chi connectivity index (χ1) is 5.24. The first kappa shape index (κ1) is 8.46. The molecule has 0 aliphatic rings. The summed E-state index contributed by atoms with van der Waals surface area (Å²) < 4.78 is 0. The fourth-order valence-electron chi connectivity index (χ4n) is 0.719. The minimum Gasteiger partial charge on any atom is -0.373 e. The molecule has 3 nitrogen and oxygen atoms in total. The zero-order valence-electron chi connectivity index (χ0n) is 6.08. The molecular weight excluding hydrogens is 164 g/mol. The van der Waals surface area contributed by atoms with Gasteiger partial charge in [-0.15, -0.1) is 0 Å². The zero-order chi connectivity index (χ0) is 8.27. The van der Waals surface area contributed by atoms with Gasteiger partial charge in [0.2, 0.25) is 0 Å². The van der Waals surface area contributed by atoms with Crippen LogP contribution >= 0.6 is 11.6 Å². The van der Waals surface area contributed by atoms with Crippen LogP contribution in [0.4, 0.5) is 0 Å². The number of rotatable bonds is 2. The van der Waals surface area contributed by atoms with E-state index in [4.69, 9.17) is 11.6 Å². The van der Waals surface area contributed by atoms with E-state index in [-0.39, 0.29) is 0 Å². The van der Waals surface area contributed by atoms with E-state index in [1.54, 1.807) is 25.4 Å². The number of halogens is 1. The van der Waals surface area contributed by atoms with E-state index in [9.17, 15) is 5.11 Å². The SMILES string of the molecule is CNC(O)c1cc(Cl)ccn1. The van der Waals surface area contributed by atoms with Crippen molar-refractivity contribution in [1.29, 1.82) is 0 Å². The fourth-order valence-corrected chi connectivity index (χ4v) is 0.887. The second-order valence-electron chi connectivity index (χ2n) is 2.09. The van der Waals surface area contributed by atoms with E-state index in [2.05, 4.69) is 10.3 Å². The van der Waals surface area contributed by atoms with Gasteiger partial charge in [0.25, 0.3) is 0 Å². The Hall–Kier alpha value is -0.640. The third kappa shape index (κ3) is 2.15. The summed E-state index contributed by atoms with van der Waals surface area (Å²) in [6.07, 6.45) is 0.812. The van der Waals surface area contributed by atoms with Gasteiger partial charge >= 0.3 is 0 Å². The number of nitrogens with one attached hydrogen (secondary N) is 1. The Labute approximate surface area is 70.0 Å². The molecule has 0 aliphatic carbocycles. The molecule has 0 amide bonds. The first-order valence-corrected chi connectivity index (χ1v) is 3.58. The average Bonchev–Trinajstić information content (AvgIpc) is 2.03. The highest BCUT2D eigenvalue weighted by molar-refractivity contribution is 6.30. The molecule has 11 heavy (non-hydrogen) atoms. The van der Waals surface area contributed by atoms with Gasteiger partial charge in [-0.3, -0.25) is 10.3 Å². The van der Waals surface area contributed by atoms with Crippen LogP contribution in [0.5, 0.6) is 0 Å². The van der Waals surface area contributed by atoms with Crippen molar-refractivity contribution in [2.45, 2.75) is 6.23 Å². The maximum Gasteiger partial charge on any atom is 0.147 e. The zero-order valence-corrected chi connectivity index (χ0v) is 6.84. The van der Waals surface area contributed by atoms with Crippen LogP contribution < -0.4 is 5.32 Å². The predicted octanol–water partition coefficient (Wildman–Crippen LogP) is 0.945. The molecule has 0 saturated heterocycles.